The average Bonchev–Trinajstić information content (AvgIpc) is 1.68. The standard InChI is InChI=1S/C13H16BrN4O4PS.C13H19BrN3O4PS.C12H21ClN3O4PS.C11H16BrN4O4PS.C11H16ClN4O4PS.C10H18Br2N5O4P/c1-3-7-16-23(21,17-8-6-14)22-9-4-5-11-10-12(15-2)13(24-11)18(19)20;1-3-5-11-9-12(23-13(11)17(18)19)10-21-22(20,15-7-4-2)16-8-6-14;1-4-6-14-21(19,15-7-5-13)20-10(3)12-11(16(17)18)9(2)8-22-12;2*1-3-5-14-21(19,15-6-4-12)20-8-9-7-10(13-2)11(22-9)16(17)18;1-3-5-13-22(20,14-6-4-11)21-7-8-9(12)15-10(16(8)2)17(18)19/h10H,3,6-9H2,1H3,(H2,16,17,21);9H,4,6-8,10H2,1-2H3,(H2,15,16,20);8,10H,4-7H2,1-3H3,(H2,14,15,19);2*7H,3-6,8H2,1H3,(H2,14,15,19);3-7H2,1-2H3,(H2,13,14,20). The van der Waals surface area contributed by atoms with Crippen molar-refractivity contribution in [2.45, 2.75) is 133 Å². The Hall–Kier alpha value is -4.66. The molecule has 135 heavy (non-hydrogen) atoms. The van der Waals surface area contributed by atoms with Gasteiger partial charge in [0.1, 0.15) is 29.8 Å². The van der Waals surface area contributed by atoms with Crippen LogP contribution in [0.5, 0.6) is 0 Å². The summed E-state index contributed by atoms with van der Waals surface area (Å²) in [6.45, 7) is 42.6. The average molecular weight is 2470 g/mol. The minimum atomic E-state index is -3.32. The molecule has 6 heterocycles. The van der Waals surface area contributed by atoms with Gasteiger partial charge in [-0.3, -0.25) is 91.5 Å². The van der Waals surface area contributed by atoms with E-state index in [2.05, 4.69) is 184 Å². The Morgan fingerprint density at radius 1 is 0.474 bits per heavy atom. The molecule has 0 aliphatic rings. The molecular weight excluding hydrogens is 2360 g/mol. The maximum absolute atomic E-state index is 12.7. The number of aryl methyl sites for hydroxylation is 1. The van der Waals surface area contributed by atoms with E-state index in [1.807, 2.05) is 41.5 Å². The molecule has 0 aliphatic heterocycles. The Morgan fingerprint density at radius 2 is 0.807 bits per heavy atom. The highest BCUT2D eigenvalue weighted by Gasteiger charge is 2.35. The summed E-state index contributed by atoms with van der Waals surface area (Å²) in [6, 6.07) is 5.74. The molecule has 0 aromatic carbocycles. The number of hydrogen-bond donors (Lipinski definition) is 12. The second-order valence-electron chi connectivity index (χ2n) is 25.9. The van der Waals surface area contributed by atoms with Crippen molar-refractivity contribution in [3.05, 3.63) is 170 Å². The van der Waals surface area contributed by atoms with E-state index in [-0.39, 0.29) is 93.5 Å². The fraction of sp³-hybridized carbons (Fsp3) is 0.571. The van der Waals surface area contributed by atoms with Gasteiger partial charge < -0.3 is 23.7 Å². The summed E-state index contributed by atoms with van der Waals surface area (Å²) in [7, 11) is -17.9. The first kappa shape index (κ1) is 128. The predicted molar refractivity (Wildman–Crippen MR) is 550 cm³/mol. The number of imidazole rings is 1. The van der Waals surface area contributed by atoms with Gasteiger partial charge in [-0.2, -0.15) is 0 Å². The van der Waals surface area contributed by atoms with Crippen molar-refractivity contribution in [2.24, 2.45) is 7.05 Å². The van der Waals surface area contributed by atoms with E-state index in [1.165, 1.54) is 41.2 Å². The summed E-state index contributed by atoms with van der Waals surface area (Å²) < 4.78 is 110. The van der Waals surface area contributed by atoms with Crippen LogP contribution >= 0.6 is 206 Å². The fourth-order valence-corrected chi connectivity index (χ4v) is 26.3. The number of aromatic nitrogens is 2. The first-order chi connectivity index (χ1) is 64.0. The van der Waals surface area contributed by atoms with Crippen molar-refractivity contribution in [3.8, 4) is 23.7 Å². The van der Waals surface area contributed by atoms with Gasteiger partial charge in [0, 0.05) is 137 Å². The zero-order chi connectivity index (χ0) is 102. The minimum absolute atomic E-state index is 0.0141. The molecule has 0 aliphatic carbocycles. The minimum Gasteiger partial charge on any atom is -0.390 e. The maximum atomic E-state index is 12.7. The van der Waals surface area contributed by atoms with E-state index in [0.29, 0.717) is 146 Å². The van der Waals surface area contributed by atoms with Crippen molar-refractivity contribution < 1.29 is 84.1 Å². The number of halogens is 7. The Morgan fingerprint density at radius 3 is 1.13 bits per heavy atom. The van der Waals surface area contributed by atoms with Crippen LogP contribution in [0.2, 0.25) is 0 Å². The van der Waals surface area contributed by atoms with Crippen LogP contribution in [0.1, 0.15) is 141 Å². The molecule has 6 aromatic rings. The molecule has 0 radical (unpaired) electrons. The van der Waals surface area contributed by atoms with E-state index in [4.69, 9.17) is 70.1 Å². The number of rotatable bonds is 59. The molecule has 0 saturated heterocycles. The van der Waals surface area contributed by atoms with Crippen molar-refractivity contribution in [3.63, 3.8) is 0 Å². The first-order valence-corrected chi connectivity index (χ1v) is 60.3. The molecule has 7 unspecified atom stereocenters. The van der Waals surface area contributed by atoms with Gasteiger partial charge >= 0.3 is 72.0 Å². The predicted octanol–water partition coefficient (Wildman–Crippen LogP) is 21.5. The summed E-state index contributed by atoms with van der Waals surface area (Å²) in [4.78, 5) is 77.7. The van der Waals surface area contributed by atoms with Crippen molar-refractivity contribution in [2.75, 3.05) is 118 Å². The molecule has 7 atom stereocenters. The molecule has 12 N–H and O–H groups in total. The van der Waals surface area contributed by atoms with Crippen LogP contribution in [-0.4, -0.2) is 157 Å². The Kier molecular flexibility index (Phi) is 66.6. The molecule has 0 bridgehead atoms. The smallest absolute Gasteiger partial charge is 0.390 e. The normalized spacial score (nSPS) is 13.7. The highest BCUT2D eigenvalue weighted by molar-refractivity contribution is 9.10. The zero-order valence-corrected chi connectivity index (χ0v) is 93.4. The Labute approximate surface area is 854 Å². The number of nitro groups is 6. The molecule has 6 aromatic heterocycles. The summed E-state index contributed by atoms with van der Waals surface area (Å²) in [5.74, 6) is 10.9. The summed E-state index contributed by atoms with van der Waals surface area (Å²) in [5, 5.41) is 103. The van der Waals surface area contributed by atoms with Crippen LogP contribution < -0.4 is 61.0 Å². The Bertz CT molecular complexity index is 5160. The van der Waals surface area contributed by atoms with Crippen LogP contribution in [0, 0.1) is 111 Å². The van der Waals surface area contributed by atoms with Gasteiger partial charge in [0.15, 0.2) is 5.69 Å². The topological polar surface area (TPSA) is 592 Å². The van der Waals surface area contributed by atoms with E-state index in [0.717, 1.165) is 83.9 Å². The highest BCUT2D eigenvalue weighted by Crippen LogP contribution is 2.49. The van der Waals surface area contributed by atoms with E-state index < -0.39 is 81.7 Å². The first-order valence-electron chi connectivity index (χ1n) is 40.1. The summed E-state index contributed by atoms with van der Waals surface area (Å²) >= 11 is 32.0. The van der Waals surface area contributed by atoms with E-state index in [1.54, 1.807) is 32.2 Å². The summed E-state index contributed by atoms with van der Waals surface area (Å²) in [6.07, 6.45) is 4.07. The zero-order valence-electron chi connectivity index (χ0n) is 74.6. The number of alkyl halides is 6. The van der Waals surface area contributed by atoms with Crippen molar-refractivity contribution in [1.82, 2.24) is 70.6 Å². The van der Waals surface area contributed by atoms with Crippen molar-refractivity contribution in [1.29, 1.82) is 0 Å². The number of thiophene rings is 5. The molecule has 0 amide bonds. The van der Waals surface area contributed by atoms with Gasteiger partial charge in [-0.1, -0.05) is 173 Å². The molecule has 754 valence electrons. The van der Waals surface area contributed by atoms with Gasteiger partial charge in [0.25, 0.3) is 22.7 Å². The lowest BCUT2D eigenvalue weighted by atomic mass is 10.2. The quantitative estimate of drug-likeness (QED) is 0.00421. The lowest BCUT2D eigenvalue weighted by Crippen LogP contribution is -2.27. The van der Waals surface area contributed by atoms with Crippen molar-refractivity contribution >= 4 is 254 Å². The fourth-order valence-electron chi connectivity index (χ4n) is 9.39. The SMILES string of the molecule is CC#Cc1cc(COP(=O)(NCCC)NCCBr)sc1[N+](=O)[O-].CCCNP(=O)(NCCBr)OCc1c(Br)nc([N+](=O)[O-])n1C.CCCNP(=O)(NCCCl)OC(C)c1scc(C)c1[N+](=O)[O-].[C-]#[N+]c1cc(C#CCOP(=O)(NCCC)NCCBr)sc1[N+](=O)[O-].[C-]#[N+]c1cc(COP(=O)(NCCC)NCCBr)sc1[N+](=O)[O-].[C-]#[N+]c1cc(COP(=O)(NCCC)NCCCl)sc1[N+](=O)[O-]. The molecule has 0 spiro atoms. The number of nitrogens with zero attached hydrogens (tertiary/aromatic N) is 11. The van der Waals surface area contributed by atoms with E-state index >= 15 is 0 Å². The number of nitrogens with one attached hydrogen (secondary N) is 12. The van der Waals surface area contributed by atoms with Gasteiger partial charge in [0.2, 0.25) is 4.60 Å². The maximum Gasteiger partial charge on any atom is 0.435 e. The van der Waals surface area contributed by atoms with Gasteiger partial charge in [-0.25, -0.2) is 80.1 Å². The molecule has 6 rings (SSSR count). The third-order valence-electron chi connectivity index (χ3n) is 15.3. The third kappa shape index (κ3) is 49.3. The van der Waals surface area contributed by atoms with E-state index in [9.17, 15) is 88.1 Å². The van der Waals surface area contributed by atoms with Crippen LogP contribution in [0.15, 0.2) is 34.2 Å². The number of hydrogen-bond acceptors (Lipinski definition) is 30. The van der Waals surface area contributed by atoms with Crippen LogP contribution in [0.3, 0.4) is 0 Å². The van der Waals surface area contributed by atoms with Crippen LogP contribution in [0.4, 0.5) is 48.7 Å². The lowest BCUT2D eigenvalue weighted by molar-refractivity contribution is -0.396. The van der Waals surface area contributed by atoms with Gasteiger partial charge in [-0.15, -0.1) is 40.5 Å². The monoisotopic (exact) mass is 2460 g/mol. The second-order valence-corrected chi connectivity index (χ2v) is 47.8. The van der Waals surface area contributed by atoms with Gasteiger partial charge in [0.05, 0.1) is 76.1 Å². The van der Waals surface area contributed by atoms with Gasteiger partial charge in [-0.05, 0) is 104 Å². The van der Waals surface area contributed by atoms with Crippen LogP contribution in [0.25, 0.3) is 14.5 Å². The third-order valence-corrected chi connectivity index (χ3v) is 34.1. The largest absolute Gasteiger partial charge is 0.435 e. The van der Waals surface area contributed by atoms with Crippen LogP contribution in [-0.2, 0) is 88.0 Å². The molecule has 0 saturated carbocycles. The Balaban J connectivity index is 0.000000810. The molecule has 47 nitrogen and oxygen atoms in total. The highest BCUT2D eigenvalue weighted by atomic mass is 79.9. The molecule has 0 fully saturated rings. The lowest BCUT2D eigenvalue weighted by Gasteiger charge is -2.23. The molecule has 65 heteroatoms. The second kappa shape index (κ2) is 70.1. The summed E-state index contributed by atoms with van der Waals surface area (Å²) in [5.41, 5.74) is 1.28. The molecular formula is C70H106Br5Cl2N23O24P6S5.